The van der Waals surface area contributed by atoms with Gasteiger partial charge in [-0.15, -0.1) is 0 Å². The summed E-state index contributed by atoms with van der Waals surface area (Å²) in [5.74, 6) is -0.0944. The zero-order valence-corrected chi connectivity index (χ0v) is 12.3. The Morgan fingerprint density at radius 1 is 1.43 bits per heavy atom. The molecule has 6 N–H and O–H groups in total. The molecule has 2 aliphatic heterocycles. The number of H-pyrrole nitrogens is 1. The van der Waals surface area contributed by atoms with Gasteiger partial charge in [0.1, 0.15) is 18.2 Å². The minimum absolute atomic E-state index is 0.0460. The van der Waals surface area contributed by atoms with E-state index in [1.54, 1.807) is 0 Å². The van der Waals surface area contributed by atoms with E-state index in [2.05, 4.69) is 15.0 Å². The van der Waals surface area contributed by atoms with Gasteiger partial charge in [-0.3, -0.25) is 18.9 Å². The maximum absolute atomic E-state index is 11.9. The number of nitrogens with one attached hydrogen (secondary N) is 1. The molecule has 0 aliphatic carbocycles. The highest BCUT2D eigenvalue weighted by molar-refractivity contribution is 7.46. The molecule has 0 unspecified atom stereocenters. The third-order valence-electron chi connectivity index (χ3n) is 3.82. The maximum Gasteiger partial charge on any atom is 0.470 e. The van der Waals surface area contributed by atoms with E-state index < -0.39 is 37.9 Å². The van der Waals surface area contributed by atoms with Crippen molar-refractivity contribution >= 4 is 24.9 Å². The molecule has 1 saturated heterocycles. The molecule has 0 amide bonds. The van der Waals surface area contributed by atoms with E-state index in [0.29, 0.717) is 0 Å². The number of aliphatic hydroxyl groups is 1. The zero-order chi connectivity index (χ0) is 16.5. The van der Waals surface area contributed by atoms with E-state index in [0.717, 1.165) is 0 Å². The van der Waals surface area contributed by atoms with Gasteiger partial charge < -0.3 is 25.4 Å². The number of rotatable bonds is 2. The van der Waals surface area contributed by atoms with Crippen molar-refractivity contribution in [3.05, 3.63) is 16.2 Å². The first-order chi connectivity index (χ1) is 10.7. The van der Waals surface area contributed by atoms with Gasteiger partial charge in [0.05, 0.1) is 6.10 Å². The summed E-state index contributed by atoms with van der Waals surface area (Å²) in [5, 5.41) is 10.0. The Morgan fingerprint density at radius 3 is 2.87 bits per heavy atom. The quantitative estimate of drug-likeness (QED) is 0.401. The first-order valence-electron chi connectivity index (χ1n) is 6.59. The van der Waals surface area contributed by atoms with Gasteiger partial charge in [0.2, 0.25) is 5.95 Å². The number of nitrogen functional groups attached to an aromatic ring is 1. The smallest absolute Gasteiger partial charge is 0.390 e. The number of aromatic amines is 1. The van der Waals surface area contributed by atoms with Crippen LogP contribution in [0.15, 0.2) is 4.79 Å². The molecule has 2 aromatic rings. The third kappa shape index (κ3) is 2.19. The number of fused-ring (bicyclic) bond motifs is 6. The first kappa shape index (κ1) is 14.8. The molecule has 4 rings (SSSR count). The average Bonchev–Trinajstić information content (AvgIpc) is 2.94. The van der Waals surface area contributed by atoms with Crippen LogP contribution in [0.5, 0.6) is 0 Å². The second-order valence-electron chi connectivity index (χ2n) is 5.34. The van der Waals surface area contributed by atoms with Crippen LogP contribution in [0.1, 0.15) is 24.6 Å². The molecular formula is C10H12N5O7P. The van der Waals surface area contributed by atoms with Crippen LogP contribution < -0.4 is 11.3 Å². The zero-order valence-electron chi connectivity index (χ0n) is 11.4. The fourth-order valence-corrected chi connectivity index (χ4v) is 3.52. The molecule has 0 saturated carbocycles. The third-order valence-corrected chi connectivity index (χ3v) is 4.33. The van der Waals surface area contributed by atoms with E-state index in [4.69, 9.17) is 24.8 Å². The van der Waals surface area contributed by atoms with Gasteiger partial charge >= 0.3 is 7.82 Å². The number of hydrogen-bond donors (Lipinski definition) is 5. The highest BCUT2D eigenvalue weighted by Gasteiger charge is 2.51. The molecule has 23 heavy (non-hydrogen) atoms. The van der Waals surface area contributed by atoms with Crippen LogP contribution in [0.2, 0.25) is 0 Å². The van der Waals surface area contributed by atoms with E-state index in [-0.39, 0.29) is 29.4 Å². The molecule has 4 heterocycles. The average molecular weight is 345 g/mol. The van der Waals surface area contributed by atoms with Gasteiger partial charge in [0.15, 0.2) is 17.3 Å². The Hall–Kier alpha value is -1.82. The summed E-state index contributed by atoms with van der Waals surface area (Å²) in [5.41, 5.74) is 4.97. The number of aromatic nitrogens is 4. The van der Waals surface area contributed by atoms with Crippen LogP contribution in [0.4, 0.5) is 5.95 Å². The van der Waals surface area contributed by atoms with Crippen molar-refractivity contribution in [1.29, 1.82) is 0 Å². The number of nitrogens with zero attached hydrogens (tertiary/aromatic N) is 3. The van der Waals surface area contributed by atoms with Crippen LogP contribution in [0.3, 0.4) is 0 Å². The number of hydrogen-bond acceptors (Lipinski definition) is 8. The molecule has 124 valence electrons. The molecule has 0 radical (unpaired) electrons. The lowest BCUT2D eigenvalue weighted by molar-refractivity contribution is -0.107. The predicted molar refractivity (Wildman–Crippen MR) is 73.0 cm³/mol. The number of phosphoric acid groups is 1. The van der Waals surface area contributed by atoms with E-state index >= 15 is 0 Å². The van der Waals surface area contributed by atoms with Crippen molar-refractivity contribution in [1.82, 2.24) is 19.5 Å². The SMILES string of the molecule is Nc1nc2c(nc3n2[C@H]2C[C@H](O)[C@H](O2)[C@@H]3OP(=O)(O)O)c(=O)[nH]1. The van der Waals surface area contributed by atoms with Crippen molar-refractivity contribution in [2.45, 2.75) is 31.0 Å². The van der Waals surface area contributed by atoms with Crippen molar-refractivity contribution in [3.8, 4) is 0 Å². The summed E-state index contributed by atoms with van der Waals surface area (Å²) < 4.78 is 22.9. The fourth-order valence-electron chi connectivity index (χ4n) is 3.01. The topological polar surface area (TPSA) is 186 Å². The minimum Gasteiger partial charge on any atom is -0.390 e. The van der Waals surface area contributed by atoms with Crippen molar-refractivity contribution in [3.63, 3.8) is 0 Å². The van der Waals surface area contributed by atoms with E-state index in [1.807, 2.05) is 0 Å². The summed E-state index contributed by atoms with van der Waals surface area (Å²) in [6.45, 7) is 0. The first-order valence-corrected chi connectivity index (χ1v) is 8.13. The van der Waals surface area contributed by atoms with Gasteiger partial charge in [0, 0.05) is 6.42 Å². The minimum atomic E-state index is -4.89. The Morgan fingerprint density at radius 2 is 2.17 bits per heavy atom. The number of anilines is 1. The normalized spacial score (nSPS) is 29.9. The molecule has 2 aromatic heterocycles. The molecule has 2 bridgehead atoms. The molecule has 12 nitrogen and oxygen atoms in total. The maximum atomic E-state index is 11.9. The summed E-state index contributed by atoms with van der Waals surface area (Å²) in [4.78, 5) is 40.5. The lowest BCUT2D eigenvalue weighted by Gasteiger charge is -2.30. The Balaban J connectivity index is 1.97. The van der Waals surface area contributed by atoms with E-state index in [9.17, 15) is 14.5 Å². The van der Waals surface area contributed by atoms with Crippen molar-refractivity contribution in [2.24, 2.45) is 0 Å². The van der Waals surface area contributed by atoms with Crippen molar-refractivity contribution < 1.29 is 28.7 Å². The summed E-state index contributed by atoms with van der Waals surface area (Å²) in [6.07, 6.45) is -3.90. The van der Waals surface area contributed by atoms with Crippen molar-refractivity contribution in [2.75, 3.05) is 5.73 Å². The number of ether oxygens (including phenoxy) is 1. The van der Waals surface area contributed by atoms with Gasteiger partial charge in [-0.2, -0.15) is 4.98 Å². The summed E-state index contributed by atoms with van der Waals surface area (Å²) in [6, 6.07) is 0. The lowest BCUT2D eigenvalue weighted by Crippen LogP contribution is -2.34. The monoisotopic (exact) mass is 345 g/mol. The molecular weight excluding hydrogens is 333 g/mol. The van der Waals surface area contributed by atoms with Gasteiger partial charge in [-0.25, -0.2) is 9.55 Å². The lowest BCUT2D eigenvalue weighted by atomic mass is 10.1. The number of nitrogens with two attached hydrogens (primary N) is 1. The second kappa shape index (κ2) is 4.60. The van der Waals surface area contributed by atoms with Gasteiger partial charge in [0.25, 0.3) is 5.56 Å². The predicted octanol–water partition coefficient (Wildman–Crippen LogP) is -1.49. The van der Waals surface area contributed by atoms with Crippen LogP contribution in [0, 0.1) is 0 Å². The number of imidazole rings is 1. The number of aliphatic hydroxyl groups excluding tert-OH is 1. The van der Waals surface area contributed by atoms with Gasteiger partial charge in [-0.1, -0.05) is 0 Å². The molecule has 0 spiro atoms. The Labute approximate surface area is 127 Å². The highest BCUT2D eigenvalue weighted by Crippen LogP contribution is 2.51. The van der Waals surface area contributed by atoms with Crippen LogP contribution in [-0.4, -0.2) is 46.6 Å². The Bertz CT molecular complexity index is 903. The molecule has 4 atom stereocenters. The van der Waals surface area contributed by atoms with Crippen LogP contribution in [0.25, 0.3) is 11.2 Å². The van der Waals surface area contributed by atoms with Gasteiger partial charge in [-0.05, 0) is 0 Å². The molecule has 1 fully saturated rings. The van der Waals surface area contributed by atoms with Crippen LogP contribution in [-0.2, 0) is 13.8 Å². The molecule has 13 heteroatoms. The highest BCUT2D eigenvalue weighted by atomic mass is 31.2. The summed E-state index contributed by atoms with van der Waals surface area (Å²) >= 11 is 0. The van der Waals surface area contributed by atoms with E-state index in [1.165, 1.54) is 4.57 Å². The number of phosphoric ester groups is 1. The standard InChI is InChI=1S/C10H12N5O7P/c11-10-13-7-4(9(17)14-10)12-8-6(22-23(18,19)20)5-2(16)1-3(21-5)15(7)8/h2-3,5-6,16H,1H2,(H2,18,19,20)(H3,11,13,14,17)/t2-,3+,5-,6-/m0/s1. The summed E-state index contributed by atoms with van der Waals surface area (Å²) in [7, 11) is -4.89. The largest absolute Gasteiger partial charge is 0.470 e. The molecule has 0 aromatic carbocycles. The second-order valence-corrected chi connectivity index (χ2v) is 6.53. The Kier molecular flexibility index (Phi) is 2.95. The van der Waals surface area contributed by atoms with Crippen LogP contribution >= 0.6 is 7.82 Å². The fraction of sp³-hybridized carbons (Fsp3) is 0.500. The molecule has 2 aliphatic rings.